The van der Waals surface area contributed by atoms with Crippen molar-refractivity contribution >= 4 is 5.91 Å². The maximum absolute atomic E-state index is 11.6. The lowest BCUT2D eigenvalue weighted by atomic mass is 10.0. The number of rotatable bonds is 3. The predicted octanol–water partition coefficient (Wildman–Crippen LogP) is -0.0802. The number of likely N-dealkylation sites (N-methyl/N-ethyl adjacent to an activating group) is 1. The van der Waals surface area contributed by atoms with Gasteiger partial charge in [-0.25, -0.2) is 0 Å². The van der Waals surface area contributed by atoms with Gasteiger partial charge in [0.1, 0.15) is 0 Å². The molecule has 0 aromatic rings. The number of hydrogen-bond acceptors (Lipinski definition) is 3. The average molecular weight is 200 g/mol. The van der Waals surface area contributed by atoms with Gasteiger partial charge in [0.2, 0.25) is 5.91 Å². The standard InChI is InChI=1S/C10H20N2O2/c1-10(2,7-11(3)4)12-6-8(13)5-9(12)14/h8,13H,5-7H2,1-4H3. The van der Waals surface area contributed by atoms with Gasteiger partial charge in [0.15, 0.2) is 0 Å². The Morgan fingerprint density at radius 3 is 2.50 bits per heavy atom. The van der Waals surface area contributed by atoms with Gasteiger partial charge < -0.3 is 14.9 Å². The molecule has 0 radical (unpaired) electrons. The zero-order valence-electron chi connectivity index (χ0n) is 9.45. The number of carbonyl (C=O) groups excluding carboxylic acids is 1. The van der Waals surface area contributed by atoms with Crippen LogP contribution in [0.1, 0.15) is 20.3 Å². The first-order chi connectivity index (χ1) is 6.33. The van der Waals surface area contributed by atoms with Gasteiger partial charge in [-0.15, -0.1) is 0 Å². The van der Waals surface area contributed by atoms with Crippen LogP contribution in [-0.2, 0) is 4.79 Å². The first kappa shape index (κ1) is 11.5. The van der Waals surface area contributed by atoms with Crippen molar-refractivity contribution in [3.8, 4) is 0 Å². The highest BCUT2D eigenvalue weighted by molar-refractivity contribution is 5.79. The Hall–Kier alpha value is -0.610. The van der Waals surface area contributed by atoms with Crippen LogP contribution in [0, 0.1) is 0 Å². The number of nitrogens with zero attached hydrogens (tertiary/aromatic N) is 2. The maximum atomic E-state index is 11.6. The van der Waals surface area contributed by atoms with Gasteiger partial charge >= 0.3 is 0 Å². The minimum Gasteiger partial charge on any atom is -0.391 e. The van der Waals surface area contributed by atoms with E-state index in [1.54, 1.807) is 4.90 Å². The molecule has 1 fully saturated rings. The van der Waals surface area contributed by atoms with Crippen LogP contribution in [-0.4, -0.2) is 59.6 Å². The SMILES string of the molecule is CN(C)CC(C)(C)N1CC(O)CC1=O. The van der Waals surface area contributed by atoms with Gasteiger partial charge in [-0.3, -0.25) is 4.79 Å². The molecule has 1 amide bonds. The van der Waals surface area contributed by atoms with E-state index in [4.69, 9.17) is 0 Å². The molecule has 82 valence electrons. The number of hydrogen-bond donors (Lipinski definition) is 1. The minimum atomic E-state index is -0.482. The lowest BCUT2D eigenvalue weighted by Gasteiger charge is -2.37. The summed E-state index contributed by atoms with van der Waals surface area (Å²) in [5, 5.41) is 9.39. The summed E-state index contributed by atoms with van der Waals surface area (Å²) in [4.78, 5) is 15.4. The highest BCUT2D eigenvalue weighted by Crippen LogP contribution is 2.22. The van der Waals surface area contributed by atoms with Crippen LogP contribution < -0.4 is 0 Å². The van der Waals surface area contributed by atoms with Crippen molar-refractivity contribution in [3.63, 3.8) is 0 Å². The molecule has 0 aromatic carbocycles. The van der Waals surface area contributed by atoms with E-state index in [-0.39, 0.29) is 17.9 Å². The number of aliphatic hydroxyl groups excluding tert-OH is 1. The smallest absolute Gasteiger partial charge is 0.225 e. The summed E-state index contributed by atoms with van der Waals surface area (Å²) < 4.78 is 0. The summed E-state index contributed by atoms with van der Waals surface area (Å²) in [7, 11) is 3.97. The Balaban J connectivity index is 2.67. The van der Waals surface area contributed by atoms with E-state index in [2.05, 4.69) is 4.90 Å². The molecule has 1 N–H and O–H groups in total. The number of carbonyl (C=O) groups is 1. The summed E-state index contributed by atoms with van der Waals surface area (Å²) in [6.07, 6.45) is -0.208. The largest absolute Gasteiger partial charge is 0.391 e. The predicted molar refractivity (Wildman–Crippen MR) is 55.0 cm³/mol. The van der Waals surface area contributed by atoms with E-state index in [0.29, 0.717) is 6.54 Å². The van der Waals surface area contributed by atoms with Crippen molar-refractivity contribution in [1.82, 2.24) is 9.80 Å². The second-order valence-electron chi connectivity index (χ2n) is 4.91. The van der Waals surface area contributed by atoms with Crippen molar-refractivity contribution in [3.05, 3.63) is 0 Å². The molecule has 1 atom stereocenters. The monoisotopic (exact) mass is 200 g/mol. The topological polar surface area (TPSA) is 43.8 Å². The Bertz CT molecular complexity index is 226. The van der Waals surface area contributed by atoms with Gasteiger partial charge in [0, 0.05) is 13.1 Å². The van der Waals surface area contributed by atoms with Crippen LogP contribution in [0.2, 0.25) is 0 Å². The van der Waals surface area contributed by atoms with E-state index >= 15 is 0 Å². The molecular formula is C10H20N2O2. The third-order valence-corrected chi connectivity index (χ3v) is 2.54. The second-order valence-corrected chi connectivity index (χ2v) is 4.91. The number of aliphatic hydroxyl groups is 1. The number of β-amino-alcohol motifs (C(OH)–C–C–N with tert-alkyl or cyclic N) is 1. The summed E-state index contributed by atoms with van der Waals surface area (Å²) in [6, 6.07) is 0. The maximum Gasteiger partial charge on any atom is 0.225 e. The zero-order chi connectivity index (χ0) is 10.9. The van der Waals surface area contributed by atoms with Gasteiger partial charge in [0.05, 0.1) is 18.1 Å². The molecule has 4 nitrogen and oxygen atoms in total. The van der Waals surface area contributed by atoms with Crippen LogP contribution in [0.4, 0.5) is 0 Å². The summed E-state index contributed by atoms with van der Waals surface area (Å²) in [5.74, 6) is 0.0596. The summed E-state index contributed by atoms with van der Waals surface area (Å²) >= 11 is 0. The van der Waals surface area contributed by atoms with Crippen molar-refractivity contribution in [1.29, 1.82) is 0 Å². The fraction of sp³-hybridized carbons (Fsp3) is 0.900. The molecular weight excluding hydrogens is 180 g/mol. The summed E-state index contributed by atoms with van der Waals surface area (Å²) in [6.45, 7) is 5.34. The van der Waals surface area contributed by atoms with Crippen molar-refractivity contribution in [2.24, 2.45) is 0 Å². The minimum absolute atomic E-state index is 0.0596. The van der Waals surface area contributed by atoms with Crippen molar-refractivity contribution in [2.45, 2.75) is 31.9 Å². The molecule has 1 aliphatic rings. The number of likely N-dealkylation sites (tertiary alicyclic amines) is 1. The van der Waals surface area contributed by atoms with Crippen LogP contribution >= 0.6 is 0 Å². The van der Waals surface area contributed by atoms with Gasteiger partial charge in [-0.1, -0.05) is 0 Å². The molecule has 0 bridgehead atoms. The molecule has 0 spiro atoms. The van der Waals surface area contributed by atoms with Crippen molar-refractivity contribution < 1.29 is 9.90 Å². The normalized spacial score (nSPS) is 23.7. The molecule has 0 aromatic heterocycles. The number of amides is 1. The van der Waals surface area contributed by atoms with E-state index in [9.17, 15) is 9.90 Å². The van der Waals surface area contributed by atoms with E-state index in [1.807, 2.05) is 27.9 Å². The second kappa shape index (κ2) is 3.87. The Morgan fingerprint density at radius 2 is 2.14 bits per heavy atom. The first-order valence-electron chi connectivity index (χ1n) is 4.96. The van der Waals surface area contributed by atoms with E-state index in [1.165, 1.54) is 0 Å². The molecule has 0 aliphatic carbocycles. The lowest BCUT2D eigenvalue weighted by molar-refractivity contribution is -0.132. The van der Waals surface area contributed by atoms with Crippen LogP contribution in [0.25, 0.3) is 0 Å². The molecule has 4 heteroatoms. The van der Waals surface area contributed by atoms with Crippen LogP contribution in [0.15, 0.2) is 0 Å². The average Bonchev–Trinajstić information content (AvgIpc) is 2.27. The van der Waals surface area contributed by atoms with E-state index in [0.717, 1.165) is 6.54 Å². The highest BCUT2D eigenvalue weighted by atomic mass is 16.3. The van der Waals surface area contributed by atoms with Crippen LogP contribution in [0.3, 0.4) is 0 Å². The molecule has 14 heavy (non-hydrogen) atoms. The fourth-order valence-electron chi connectivity index (χ4n) is 2.13. The Morgan fingerprint density at radius 1 is 1.57 bits per heavy atom. The molecule has 1 heterocycles. The van der Waals surface area contributed by atoms with Crippen molar-refractivity contribution in [2.75, 3.05) is 27.2 Å². The first-order valence-corrected chi connectivity index (χ1v) is 4.96. The molecule has 0 saturated carbocycles. The Labute approximate surface area is 85.5 Å². The van der Waals surface area contributed by atoms with E-state index < -0.39 is 6.10 Å². The quantitative estimate of drug-likeness (QED) is 0.693. The molecule has 1 aliphatic heterocycles. The zero-order valence-corrected chi connectivity index (χ0v) is 9.45. The van der Waals surface area contributed by atoms with Crippen LogP contribution in [0.5, 0.6) is 0 Å². The lowest BCUT2D eigenvalue weighted by Crippen LogP contribution is -2.51. The Kier molecular flexibility index (Phi) is 3.17. The third kappa shape index (κ3) is 2.45. The molecule has 1 rings (SSSR count). The fourth-order valence-corrected chi connectivity index (χ4v) is 2.13. The summed E-state index contributed by atoms with van der Waals surface area (Å²) in [5.41, 5.74) is -0.196. The highest BCUT2D eigenvalue weighted by Gasteiger charge is 2.38. The van der Waals surface area contributed by atoms with Gasteiger partial charge in [-0.05, 0) is 27.9 Å². The third-order valence-electron chi connectivity index (χ3n) is 2.54. The molecule has 1 saturated heterocycles. The van der Waals surface area contributed by atoms with Gasteiger partial charge in [-0.2, -0.15) is 0 Å². The molecule has 1 unspecified atom stereocenters. The van der Waals surface area contributed by atoms with Gasteiger partial charge in [0.25, 0.3) is 0 Å².